The summed E-state index contributed by atoms with van der Waals surface area (Å²) in [7, 11) is 0. The van der Waals surface area contributed by atoms with Gasteiger partial charge in [-0.05, 0) is 32.3 Å². The largest absolute Gasteiger partial charge is 0.333 e. The van der Waals surface area contributed by atoms with Crippen LogP contribution in [0, 0.1) is 25.2 Å². The summed E-state index contributed by atoms with van der Waals surface area (Å²) in [6, 6.07) is 12.0. The van der Waals surface area contributed by atoms with Gasteiger partial charge in [0.2, 0.25) is 0 Å². The second-order valence-corrected chi connectivity index (χ2v) is 6.05. The second kappa shape index (κ2) is 6.25. The summed E-state index contributed by atoms with van der Waals surface area (Å²) in [4.78, 5) is 14.7. The fraction of sp³-hybridized carbons (Fsp3) is 0.389. The SMILES string of the molecule is Cc1[nH]nc(C(=O)N2CCCC2C(C#N)c2ccccc2)c1C. The third kappa shape index (κ3) is 2.72. The van der Waals surface area contributed by atoms with Crippen molar-refractivity contribution in [3.8, 4) is 6.07 Å². The number of rotatable bonds is 3. The fourth-order valence-corrected chi connectivity index (χ4v) is 3.26. The topological polar surface area (TPSA) is 72.8 Å². The molecule has 23 heavy (non-hydrogen) atoms. The van der Waals surface area contributed by atoms with Crippen LogP contribution in [0.3, 0.4) is 0 Å². The number of nitrogens with zero attached hydrogens (tertiary/aromatic N) is 3. The number of carbonyl (C=O) groups excluding carboxylic acids is 1. The van der Waals surface area contributed by atoms with Crippen molar-refractivity contribution >= 4 is 5.91 Å². The highest BCUT2D eigenvalue weighted by molar-refractivity contribution is 5.94. The van der Waals surface area contributed by atoms with Crippen molar-refractivity contribution in [3.63, 3.8) is 0 Å². The van der Waals surface area contributed by atoms with Crippen LogP contribution < -0.4 is 0 Å². The molecule has 3 rings (SSSR count). The molecule has 1 fully saturated rings. The van der Waals surface area contributed by atoms with Gasteiger partial charge in [0.15, 0.2) is 5.69 Å². The van der Waals surface area contributed by atoms with Crippen molar-refractivity contribution < 1.29 is 4.79 Å². The lowest BCUT2D eigenvalue weighted by atomic mass is 9.91. The Morgan fingerprint density at radius 1 is 1.39 bits per heavy atom. The summed E-state index contributed by atoms with van der Waals surface area (Å²) in [6.45, 7) is 4.48. The summed E-state index contributed by atoms with van der Waals surface area (Å²) < 4.78 is 0. The molecule has 0 spiro atoms. The van der Waals surface area contributed by atoms with Gasteiger partial charge in [-0.2, -0.15) is 10.4 Å². The van der Waals surface area contributed by atoms with Crippen LogP contribution in [0.2, 0.25) is 0 Å². The fourth-order valence-electron chi connectivity index (χ4n) is 3.26. The molecule has 2 heterocycles. The van der Waals surface area contributed by atoms with Gasteiger partial charge in [-0.25, -0.2) is 0 Å². The van der Waals surface area contributed by atoms with Crippen LogP contribution in [0.15, 0.2) is 30.3 Å². The molecule has 1 amide bonds. The highest BCUT2D eigenvalue weighted by Gasteiger charge is 2.37. The van der Waals surface area contributed by atoms with E-state index in [-0.39, 0.29) is 17.9 Å². The van der Waals surface area contributed by atoms with Crippen LogP contribution in [-0.4, -0.2) is 33.6 Å². The number of aryl methyl sites for hydroxylation is 1. The van der Waals surface area contributed by atoms with E-state index < -0.39 is 0 Å². The Kier molecular flexibility index (Phi) is 4.16. The molecule has 1 aromatic heterocycles. The summed E-state index contributed by atoms with van der Waals surface area (Å²) in [5, 5.41) is 16.7. The molecule has 2 unspecified atom stereocenters. The van der Waals surface area contributed by atoms with Crippen molar-refractivity contribution in [1.29, 1.82) is 5.26 Å². The molecule has 1 aliphatic heterocycles. The summed E-state index contributed by atoms with van der Waals surface area (Å²) in [5.74, 6) is -0.381. The summed E-state index contributed by atoms with van der Waals surface area (Å²) in [6.07, 6.45) is 1.77. The maximum atomic E-state index is 12.9. The summed E-state index contributed by atoms with van der Waals surface area (Å²) >= 11 is 0. The third-order valence-electron chi connectivity index (χ3n) is 4.70. The van der Waals surface area contributed by atoms with Crippen molar-refractivity contribution in [3.05, 3.63) is 52.8 Å². The predicted octanol–water partition coefficient (Wildman–Crippen LogP) is 2.94. The number of benzene rings is 1. The molecule has 0 radical (unpaired) electrons. The zero-order valence-corrected chi connectivity index (χ0v) is 13.4. The van der Waals surface area contributed by atoms with Crippen LogP contribution >= 0.6 is 0 Å². The molecular weight excluding hydrogens is 288 g/mol. The maximum absolute atomic E-state index is 12.9. The summed E-state index contributed by atoms with van der Waals surface area (Å²) in [5.41, 5.74) is 3.23. The van der Waals surface area contributed by atoms with Gasteiger partial charge in [-0.15, -0.1) is 0 Å². The number of hydrogen-bond donors (Lipinski definition) is 1. The first-order valence-electron chi connectivity index (χ1n) is 7.90. The van der Waals surface area contributed by atoms with Crippen LogP contribution in [0.25, 0.3) is 0 Å². The molecule has 2 atom stereocenters. The second-order valence-electron chi connectivity index (χ2n) is 6.05. The average molecular weight is 308 g/mol. The van der Waals surface area contributed by atoms with E-state index >= 15 is 0 Å². The van der Waals surface area contributed by atoms with E-state index in [0.717, 1.165) is 29.7 Å². The molecule has 1 aromatic carbocycles. The number of amides is 1. The number of carbonyl (C=O) groups is 1. The van der Waals surface area contributed by atoms with Gasteiger partial charge in [0.05, 0.1) is 18.0 Å². The number of aromatic nitrogens is 2. The van der Waals surface area contributed by atoms with Crippen LogP contribution in [0.5, 0.6) is 0 Å². The number of likely N-dealkylation sites (tertiary alicyclic amines) is 1. The van der Waals surface area contributed by atoms with Crippen LogP contribution in [0.4, 0.5) is 0 Å². The van der Waals surface area contributed by atoms with Crippen molar-refractivity contribution in [2.24, 2.45) is 0 Å². The van der Waals surface area contributed by atoms with Crippen molar-refractivity contribution in [1.82, 2.24) is 15.1 Å². The Balaban J connectivity index is 1.89. The monoisotopic (exact) mass is 308 g/mol. The molecule has 5 nitrogen and oxygen atoms in total. The van der Waals surface area contributed by atoms with E-state index in [2.05, 4.69) is 16.3 Å². The average Bonchev–Trinajstić information content (AvgIpc) is 3.17. The number of hydrogen-bond acceptors (Lipinski definition) is 3. The van der Waals surface area contributed by atoms with Gasteiger partial charge < -0.3 is 4.90 Å². The van der Waals surface area contributed by atoms with Crippen LogP contribution in [0.1, 0.15) is 46.1 Å². The van der Waals surface area contributed by atoms with Crippen molar-refractivity contribution in [2.75, 3.05) is 6.54 Å². The van der Waals surface area contributed by atoms with Gasteiger partial charge in [-0.3, -0.25) is 9.89 Å². The van der Waals surface area contributed by atoms with E-state index in [0.29, 0.717) is 12.2 Å². The first-order valence-corrected chi connectivity index (χ1v) is 7.90. The molecule has 2 aromatic rings. The minimum Gasteiger partial charge on any atom is -0.333 e. The molecule has 118 valence electrons. The standard InChI is InChI=1S/C18H20N4O/c1-12-13(2)20-21-17(12)18(23)22-10-6-9-16(22)15(11-19)14-7-4-3-5-8-14/h3-5,7-8,15-16H,6,9-10H2,1-2H3,(H,20,21). The number of aromatic amines is 1. The van der Waals surface area contributed by atoms with E-state index in [4.69, 9.17) is 0 Å². The zero-order valence-electron chi connectivity index (χ0n) is 13.4. The first-order chi connectivity index (χ1) is 11.1. The Bertz CT molecular complexity index is 744. The number of H-pyrrole nitrogens is 1. The van der Waals surface area contributed by atoms with E-state index in [1.807, 2.05) is 49.1 Å². The first kappa shape index (κ1) is 15.3. The minimum atomic E-state index is -0.303. The number of nitriles is 1. The Morgan fingerprint density at radius 3 is 2.74 bits per heavy atom. The molecule has 1 aliphatic rings. The predicted molar refractivity (Wildman–Crippen MR) is 86.9 cm³/mol. The van der Waals surface area contributed by atoms with Gasteiger partial charge in [0.25, 0.3) is 5.91 Å². The molecule has 0 aliphatic carbocycles. The van der Waals surface area contributed by atoms with Crippen LogP contribution in [-0.2, 0) is 0 Å². The third-order valence-corrected chi connectivity index (χ3v) is 4.70. The zero-order chi connectivity index (χ0) is 16.4. The lowest BCUT2D eigenvalue weighted by molar-refractivity contribution is 0.0721. The van der Waals surface area contributed by atoms with Gasteiger partial charge >= 0.3 is 0 Å². The van der Waals surface area contributed by atoms with Crippen molar-refractivity contribution in [2.45, 2.75) is 38.6 Å². The molecular formula is C18H20N4O. The van der Waals surface area contributed by atoms with Gasteiger partial charge in [0.1, 0.15) is 0 Å². The van der Waals surface area contributed by atoms with Gasteiger partial charge in [-0.1, -0.05) is 30.3 Å². The molecule has 1 saturated heterocycles. The highest BCUT2D eigenvalue weighted by atomic mass is 16.2. The molecule has 1 N–H and O–H groups in total. The Hall–Kier alpha value is -2.61. The highest BCUT2D eigenvalue weighted by Crippen LogP contribution is 2.32. The maximum Gasteiger partial charge on any atom is 0.274 e. The Morgan fingerprint density at radius 2 is 2.13 bits per heavy atom. The molecule has 5 heteroatoms. The van der Waals surface area contributed by atoms with Gasteiger partial charge in [0, 0.05) is 17.8 Å². The molecule has 0 saturated carbocycles. The lowest BCUT2D eigenvalue weighted by Gasteiger charge is -2.28. The van der Waals surface area contributed by atoms with E-state index in [1.54, 1.807) is 0 Å². The normalized spacial score (nSPS) is 18.7. The molecule has 0 bridgehead atoms. The quantitative estimate of drug-likeness (QED) is 0.947. The van der Waals surface area contributed by atoms with E-state index in [9.17, 15) is 10.1 Å². The minimum absolute atomic E-state index is 0.0782. The van der Waals surface area contributed by atoms with E-state index in [1.165, 1.54) is 0 Å². The Labute approximate surface area is 135 Å². The number of nitrogens with one attached hydrogen (secondary N) is 1. The lowest BCUT2D eigenvalue weighted by Crippen LogP contribution is -2.39. The smallest absolute Gasteiger partial charge is 0.274 e.